The summed E-state index contributed by atoms with van der Waals surface area (Å²) in [4.78, 5) is 23.7. The molecule has 0 radical (unpaired) electrons. The molecule has 6 nitrogen and oxygen atoms in total. The molecule has 0 spiro atoms. The van der Waals surface area contributed by atoms with Gasteiger partial charge in [-0.2, -0.15) is 0 Å². The van der Waals surface area contributed by atoms with E-state index in [1.807, 2.05) is 13.8 Å². The van der Waals surface area contributed by atoms with Crippen LogP contribution >= 0.6 is 0 Å². The average molecular weight is 321 g/mol. The van der Waals surface area contributed by atoms with Crippen LogP contribution in [-0.2, 0) is 9.53 Å². The molecule has 2 amide bonds. The van der Waals surface area contributed by atoms with Crippen LogP contribution < -0.4 is 16.0 Å². The standard InChI is InChI=1S/C17H27N3O3/c1-4-13(2)19-17(22)14-6-8-15(9-7-14)20-16(21)12-18-10-5-11-23-3/h6-9,13,18H,4-5,10-12H2,1-3H3,(H,19,22)(H,20,21). The molecule has 1 rings (SSSR count). The van der Waals surface area contributed by atoms with Gasteiger partial charge in [0.1, 0.15) is 0 Å². The number of nitrogens with one attached hydrogen (secondary N) is 3. The van der Waals surface area contributed by atoms with Crippen LogP contribution in [0.3, 0.4) is 0 Å². The van der Waals surface area contributed by atoms with Gasteiger partial charge in [-0.15, -0.1) is 0 Å². The minimum absolute atomic E-state index is 0.1000. The third-order valence-electron chi connectivity index (χ3n) is 3.41. The molecule has 0 saturated carbocycles. The first-order valence-corrected chi connectivity index (χ1v) is 7.97. The number of carbonyl (C=O) groups is 2. The van der Waals surface area contributed by atoms with E-state index in [2.05, 4.69) is 16.0 Å². The number of ether oxygens (including phenoxy) is 1. The predicted octanol–water partition coefficient (Wildman–Crippen LogP) is 1.78. The fraction of sp³-hybridized carbons (Fsp3) is 0.529. The predicted molar refractivity (Wildman–Crippen MR) is 91.7 cm³/mol. The number of amides is 2. The van der Waals surface area contributed by atoms with Crippen molar-refractivity contribution in [2.75, 3.05) is 32.1 Å². The van der Waals surface area contributed by atoms with E-state index in [1.165, 1.54) is 0 Å². The minimum Gasteiger partial charge on any atom is -0.385 e. The molecule has 0 heterocycles. The molecule has 0 fully saturated rings. The second-order valence-electron chi connectivity index (χ2n) is 5.43. The number of anilines is 1. The molecule has 0 saturated heterocycles. The number of methoxy groups -OCH3 is 1. The number of carbonyl (C=O) groups excluding carboxylic acids is 2. The molecule has 3 N–H and O–H groups in total. The number of hydrogen-bond acceptors (Lipinski definition) is 4. The summed E-state index contributed by atoms with van der Waals surface area (Å²) in [7, 11) is 1.65. The summed E-state index contributed by atoms with van der Waals surface area (Å²) in [5.41, 5.74) is 1.26. The Morgan fingerprint density at radius 1 is 1.22 bits per heavy atom. The second kappa shape index (κ2) is 10.7. The van der Waals surface area contributed by atoms with E-state index in [9.17, 15) is 9.59 Å². The van der Waals surface area contributed by atoms with E-state index >= 15 is 0 Å². The largest absolute Gasteiger partial charge is 0.385 e. The highest BCUT2D eigenvalue weighted by atomic mass is 16.5. The monoisotopic (exact) mass is 321 g/mol. The average Bonchev–Trinajstić information content (AvgIpc) is 2.55. The van der Waals surface area contributed by atoms with Crippen LogP contribution in [0.25, 0.3) is 0 Å². The van der Waals surface area contributed by atoms with Crippen molar-refractivity contribution >= 4 is 17.5 Å². The summed E-state index contributed by atoms with van der Waals surface area (Å²) in [6.07, 6.45) is 1.75. The highest BCUT2D eigenvalue weighted by molar-refractivity contribution is 5.96. The van der Waals surface area contributed by atoms with Gasteiger partial charge in [0, 0.05) is 31.0 Å². The molecule has 23 heavy (non-hydrogen) atoms. The fourth-order valence-corrected chi connectivity index (χ4v) is 1.86. The maximum absolute atomic E-state index is 12.0. The SMILES string of the molecule is CCC(C)NC(=O)c1ccc(NC(=O)CNCCCOC)cc1. The molecule has 0 aliphatic heterocycles. The van der Waals surface area contributed by atoms with Gasteiger partial charge in [-0.3, -0.25) is 9.59 Å². The van der Waals surface area contributed by atoms with Crippen molar-refractivity contribution < 1.29 is 14.3 Å². The van der Waals surface area contributed by atoms with E-state index in [1.54, 1.807) is 31.4 Å². The van der Waals surface area contributed by atoms with Crippen LogP contribution in [0.1, 0.15) is 37.0 Å². The van der Waals surface area contributed by atoms with Crippen molar-refractivity contribution in [3.63, 3.8) is 0 Å². The molecular weight excluding hydrogens is 294 g/mol. The Kier molecular flexibility index (Phi) is 8.94. The lowest BCUT2D eigenvalue weighted by Gasteiger charge is -2.12. The van der Waals surface area contributed by atoms with Gasteiger partial charge in [-0.1, -0.05) is 6.92 Å². The van der Waals surface area contributed by atoms with Crippen molar-refractivity contribution in [2.24, 2.45) is 0 Å². The lowest BCUT2D eigenvalue weighted by atomic mass is 10.1. The molecule has 0 aliphatic carbocycles. The quantitative estimate of drug-likeness (QED) is 0.574. The van der Waals surface area contributed by atoms with Crippen LogP contribution in [0, 0.1) is 0 Å². The maximum Gasteiger partial charge on any atom is 0.251 e. The summed E-state index contributed by atoms with van der Waals surface area (Å²) in [6.45, 7) is 5.64. The summed E-state index contributed by atoms with van der Waals surface area (Å²) in [5.74, 6) is -0.212. The van der Waals surface area contributed by atoms with Gasteiger partial charge in [0.2, 0.25) is 5.91 Å². The Labute approximate surface area is 138 Å². The molecule has 0 bridgehead atoms. The highest BCUT2D eigenvalue weighted by Gasteiger charge is 2.08. The molecule has 1 aromatic carbocycles. The molecule has 0 aromatic heterocycles. The van der Waals surface area contributed by atoms with Crippen LogP contribution in [0.2, 0.25) is 0 Å². The van der Waals surface area contributed by atoms with E-state index in [0.717, 1.165) is 19.4 Å². The van der Waals surface area contributed by atoms with Crippen molar-refractivity contribution in [3.8, 4) is 0 Å². The van der Waals surface area contributed by atoms with Crippen molar-refractivity contribution in [1.29, 1.82) is 0 Å². The Balaban J connectivity index is 2.38. The highest BCUT2D eigenvalue weighted by Crippen LogP contribution is 2.09. The first-order chi connectivity index (χ1) is 11.1. The zero-order chi connectivity index (χ0) is 17.1. The van der Waals surface area contributed by atoms with Gasteiger partial charge in [0.05, 0.1) is 6.54 Å². The zero-order valence-electron chi connectivity index (χ0n) is 14.1. The summed E-state index contributed by atoms with van der Waals surface area (Å²) in [6, 6.07) is 7.02. The number of rotatable bonds is 10. The molecule has 6 heteroatoms. The Bertz CT molecular complexity index is 488. The third-order valence-corrected chi connectivity index (χ3v) is 3.41. The van der Waals surface area contributed by atoms with Crippen LogP contribution in [0.5, 0.6) is 0 Å². The number of hydrogen-bond donors (Lipinski definition) is 3. The Morgan fingerprint density at radius 3 is 2.52 bits per heavy atom. The molecule has 1 aromatic rings. The minimum atomic E-state index is -0.112. The number of benzene rings is 1. The van der Waals surface area contributed by atoms with Crippen molar-refractivity contribution in [2.45, 2.75) is 32.7 Å². The van der Waals surface area contributed by atoms with Crippen LogP contribution in [0.15, 0.2) is 24.3 Å². The van der Waals surface area contributed by atoms with Crippen molar-refractivity contribution in [1.82, 2.24) is 10.6 Å². The molecule has 128 valence electrons. The second-order valence-corrected chi connectivity index (χ2v) is 5.43. The normalized spacial score (nSPS) is 11.8. The van der Waals surface area contributed by atoms with E-state index in [-0.39, 0.29) is 24.4 Å². The van der Waals surface area contributed by atoms with E-state index in [4.69, 9.17) is 4.74 Å². The van der Waals surface area contributed by atoms with Gasteiger partial charge in [-0.25, -0.2) is 0 Å². The maximum atomic E-state index is 12.0. The van der Waals surface area contributed by atoms with Gasteiger partial charge in [0.25, 0.3) is 5.91 Å². The lowest BCUT2D eigenvalue weighted by molar-refractivity contribution is -0.115. The van der Waals surface area contributed by atoms with E-state index in [0.29, 0.717) is 17.9 Å². The smallest absolute Gasteiger partial charge is 0.251 e. The van der Waals surface area contributed by atoms with E-state index < -0.39 is 0 Å². The van der Waals surface area contributed by atoms with Gasteiger partial charge in [0.15, 0.2) is 0 Å². The molecular formula is C17H27N3O3. The molecule has 1 unspecified atom stereocenters. The summed E-state index contributed by atoms with van der Waals surface area (Å²) >= 11 is 0. The van der Waals surface area contributed by atoms with Gasteiger partial charge < -0.3 is 20.7 Å². The molecule has 1 atom stereocenters. The third kappa shape index (κ3) is 7.76. The topological polar surface area (TPSA) is 79.5 Å². The summed E-state index contributed by atoms with van der Waals surface area (Å²) < 4.78 is 4.93. The van der Waals surface area contributed by atoms with Crippen LogP contribution in [0.4, 0.5) is 5.69 Å². The Morgan fingerprint density at radius 2 is 1.91 bits per heavy atom. The first kappa shape index (κ1) is 19.1. The Hall–Kier alpha value is -1.92. The first-order valence-electron chi connectivity index (χ1n) is 7.97. The van der Waals surface area contributed by atoms with Gasteiger partial charge in [-0.05, 0) is 50.6 Å². The van der Waals surface area contributed by atoms with Crippen LogP contribution in [-0.4, -0.2) is 44.7 Å². The summed E-state index contributed by atoms with van der Waals surface area (Å²) in [5, 5.41) is 8.73. The van der Waals surface area contributed by atoms with Gasteiger partial charge >= 0.3 is 0 Å². The zero-order valence-corrected chi connectivity index (χ0v) is 14.1. The molecule has 0 aliphatic rings. The van der Waals surface area contributed by atoms with Crippen molar-refractivity contribution in [3.05, 3.63) is 29.8 Å². The lowest BCUT2D eigenvalue weighted by Crippen LogP contribution is -2.32. The fourth-order valence-electron chi connectivity index (χ4n) is 1.86.